The zero-order valence-electron chi connectivity index (χ0n) is 13.5. The summed E-state index contributed by atoms with van der Waals surface area (Å²) in [6.45, 7) is 5.12. The summed E-state index contributed by atoms with van der Waals surface area (Å²) in [5.41, 5.74) is 0.870. The Morgan fingerprint density at radius 3 is 2.74 bits per heavy atom. The maximum atomic E-state index is 12.7. The smallest absolute Gasteiger partial charge is 0.249 e. The van der Waals surface area contributed by atoms with Crippen LogP contribution in [0.15, 0.2) is 30.3 Å². The van der Waals surface area contributed by atoms with Crippen LogP contribution in [0.3, 0.4) is 0 Å². The highest BCUT2D eigenvalue weighted by Crippen LogP contribution is 2.26. The van der Waals surface area contributed by atoms with Gasteiger partial charge >= 0.3 is 0 Å². The van der Waals surface area contributed by atoms with Gasteiger partial charge in [-0.25, -0.2) is 0 Å². The van der Waals surface area contributed by atoms with Gasteiger partial charge in [0.1, 0.15) is 12.1 Å². The number of benzene rings is 1. The quantitative estimate of drug-likeness (QED) is 0.860. The number of ether oxygens (including phenoxy) is 1. The Morgan fingerprint density at radius 1 is 1.30 bits per heavy atom. The molecule has 2 aliphatic rings. The van der Waals surface area contributed by atoms with E-state index < -0.39 is 12.1 Å². The van der Waals surface area contributed by atoms with E-state index in [4.69, 9.17) is 4.74 Å². The van der Waals surface area contributed by atoms with Crippen LogP contribution in [-0.2, 0) is 14.3 Å². The first-order chi connectivity index (χ1) is 11.1. The van der Waals surface area contributed by atoms with Crippen molar-refractivity contribution < 1.29 is 14.3 Å². The highest BCUT2D eigenvalue weighted by Gasteiger charge is 2.40. The van der Waals surface area contributed by atoms with Crippen LogP contribution in [0.25, 0.3) is 0 Å². The monoisotopic (exact) mass is 317 g/mol. The first-order valence-corrected chi connectivity index (χ1v) is 8.11. The molecular weight excluding hydrogens is 294 g/mol. The second-order valence-corrected chi connectivity index (χ2v) is 6.20. The van der Waals surface area contributed by atoms with E-state index in [1.54, 1.807) is 4.90 Å². The molecular formula is C17H23N3O3. The van der Waals surface area contributed by atoms with Crippen molar-refractivity contribution in [1.29, 1.82) is 0 Å². The van der Waals surface area contributed by atoms with Crippen molar-refractivity contribution in [2.45, 2.75) is 44.5 Å². The number of hydrogen-bond acceptors (Lipinski definition) is 4. The van der Waals surface area contributed by atoms with Crippen molar-refractivity contribution in [3.05, 3.63) is 30.3 Å². The lowest BCUT2D eigenvalue weighted by atomic mass is 10.1. The summed E-state index contributed by atoms with van der Waals surface area (Å²) in [6, 6.07) is 8.74. The third-order valence-electron chi connectivity index (χ3n) is 4.50. The van der Waals surface area contributed by atoms with E-state index in [2.05, 4.69) is 10.6 Å². The zero-order chi connectivity index (χ0) is 16.4. The molecule has 124 valence electrons. The molecule has 0 bridgehead atoms. The molecule has 2 N–H and O–H groups in total. The van der Waals surface area contributed by atoms with Crippen LogP contribution < -0.4 is 15.5 Å². The van der Waals surface area contributed by atoms with Gasteiger partial charge < -0.3 is 20.3 Å². The van der Waals surface area contributed by atoms with E-state index in [1.807, 2.05) is 44.2 Å². The molecule has 0 saturated carbocycles. The molecule has 1 aromatic carbocycles. The molecule has 0 spiro atoms. The number of rotatable bonds is 3. The Morgan fingerprint density at radius 2 is 2.04 bits per heavy atom. The third kappa shape index (κ3) is 3.23. The molecule has 23 heavy (non-hydrogen) atoms. The highest BCUT2D eigenvalue weighted by atomic mass is 16.5. The lowest BCUT2D eigenvalue weighted by molar-refractivity contribution is -0.132. The van der Waals surface area contributed by atoms with Crippen LogP contribution in [0.5, 0.6) is 0 Å². The Bertz CT molecular complexity index is 578. The number of carbonyl (C=O) groups excluding carboxylic acids is 2. The van der Waals surface area contributed by atoms with Gasteiger partial charge in [-0.1, -0.05) is 18.2 Å². The number of amides is 2. The summed E-state index contributed by atoms with van der Waals surface area (Å²) in [5.74, 6) is -0.223. The third-order valence-corrected chi connectivity index (χ3v) is 4.50. The van der Waals surface area contributed by atoms with E-state index in [1.165, 1.54) is 0 Å². The molecule has 2 heterocycles. The molecule has 2 unspecified atom stereocenters. The van der Waals surface area contributed by atoms with Crippen LogP contribution in [-0.4, -0.2) is 49.2 Å². The summed E-state index contributed by atoms with van der Waals surface area (Å²) in [4.78, 5) is 26.9. The van der Waals surface area contributed by atoms with Crippen LogP contribution in [0.4, 0.5) is 5.69 Å². The second kappa shape index (κ2) is 6.68. The Kier molecular flexibility index (Phi) is 4.63. The van der Waals surface area contributed by atoms with E-state index in [9.17, 15) is 9.59 Å². The lowest BCUT2D eigenvalue weighted by Crippen LogP contribution is -2.57. The molecule has 3 rings (SSSR count). The summed E-state index contributed by atoms with van der Waals surface area (Å²) < 4.78 is 5.50. The van der Waals surface area contributed by atoms with Gasteiger partial charge in [0.05, 0.1) is 12.7 Å². The van der Waals surface area contributed by atoms with Crippen molar-refractivity contribution in [1.82, 2.24) is 10.6 Å². The number of morpholine rings is 1. The molecule has 0 radical (unpaired) electrons. The van der Waals surface area contributed by atoms with Crippen molar-refractivity contribution in [3.8, 4) is 0 Å². The normalized spacial score (nSPS) is 31.2. The predicted octanol–water partition coefficient (Wildman–Crippen LogP) is 0.674. The van der Waals surface area contributed by atoms with Gasteiger partial charge in [-0.3, -0.25) is 9.59 Å². The maximum Gasteiger partial charge on any atom is 0.249 e. The van der Waals surface area contributed by atoms with Gasteiger partial charge in [0, 0.05) is 18.3 Å². The van der Waals surface area contributed by atoms with E-state index >= 15 is 0 Å². The van der Waals surface area contributed by atoms with Crippen LogP contribution >= 0.6 is 0 Å². The van der Waals surface area contributed by atoms with Crippen molar-refractivity contribution in [3.63, 3.8) is 0 Å². The number of nitrogens with zero attached hydrogens (tertiary/aromatic N) is 1. The molecule has 2 saturated heterocycles. The fraction of sp³-hybridized carbons (Fsp3) is 0.529. The minimum atomic E-state index is -0.478. The van der Waals surface area contributed by atoms with E-state index in [-0.39, 0.29) is 24.0 Å². The number of carbonyl (C=O) groups is 2. The lowest BCUT2D eigenvalue weighted by Gasteiger charge is -2.30. The molecule has 2 amide bonds. The number of para-hydroxylation sites is 1. The molecule has 6 heteroatoms. The summed E-state index contributed by atoms with van der Waals surface area (Å²) in [7, 11) is 0. The Labute approximate surface area is 136 Å². The van der Waals surface area contributed by atoms with Crippen molar-refractivity contribution in [2.75, 3.05) is 18.1 Å². The highest BCUT2D eigenvalue weighted by molar-refractivity contribution is 6.02. The van der Waals surface area contributed by atoms with E-state index in [0.717, 1.165) is 5.69 Å². The second-order valence-electron chi connectivity index (χ2n) is 6.20. The van der Waals surface area contributed by atoms with Gasteiger partial charge in [0.25, 0.3) is 0 Å². The van der Waals surface area contributed by atoms with E-state index in [0.29, 0.717) is 19.6 Å². The van der Waals surface area contributed by atoms with Gasteiger partial charge in [-0.05, 0) is 32.4 Å². The minimum absolute atomic E-state index is 0.0542. The van der Waals surface area contributed by atoms with Gasteiger partial charge in [-0.15, -0.1) is 0 Å². The summed E-state index contributed by atoms with van der Waals surface area (Å²) >= 11 is 0. The van der Waals surface area contributed by atoms with Crippen LogP contribution in [0.2, 0.25) is 0 Å². The topological polar surface area (TPSA) is 70.7 Å². The SMILES string of the molecule is CC1CC(NC(=O)[C@H]2NCCO[C@@H]2C)C(=O)N1c1ccccc1. The van der Waals surface area contributed by atoms with Gasteiger partial charge in [-0.2, -0.15) is 0 Å². The Balaban J connectivity index is 1.67. The molecule has 1 aromatic rings. The average Bonchev–Trinajstić information content (AvgIpc) is 2.82. The van der Waals surface area contributed by atoms with Gasteiger partial charge in [0.2, 0.25) is 11.8 Å². The first kappa shape index (κ1) is 16.0. The molecule has 4 atom stereocenters. The fourth-order valence-electron chi connectivity index (χ4n) is 3.31. The summed E-state index contributed by atoms with van der Waals surface area (Å²) in [6.07, 6.45) is 0.421. The maximum absolute atomic E-state index is 12.7. The molecule has 0 aromatic heterocycles. The largest absolute Gasteiger partial charge is 0.375 e. The Hall–Kier alpha value is -1.92. The van der Waals surface area contributed by atoms with Crippen LogP contribution in [0, 0.1) is 0 Å². The number of anilines is 1. The number of hydrogen-bond donors (Lipinski definition) is 2. The first-order valence-electron chi connectivity index (χ1n) is 8.11. The van der Waals surface area contributed by atoms with Crippen molar-refractivity contribution in [2.24, 2.45) is 0 Å². The fourth-order valence-corrected chi connectivity index (χ4v) is 3.31. The van der Waals surface area contributed by atoms with Crippen molar-refractivity contribution >= 4 is 17.5 Å². The molecule has 2 aliphatic heterocycles. The predicted molar refractivity (Wildman–Crippen MR) is 87.1 cm³/mol. The summed E-state index contributed by atoms with van der Waals surface area (Å²) in [5, 5.41) is 6.04. The molecule has 2 fully saturated rings. The average molecular weight is 317 g/mol. The standard InChI is InChI=1S/C17H23N3O3/c1-11-10-14(17(22)20(11)13-6-4-3-5-7-13)19-16(21)15-12(2)23-9-8-18-15/h3-7,11-12,14-15,18H,8-10H2,1-2H3,(H,19,21)/t11?,12-,14?,15+/m1/s1. The molecule has 6 nitrogen and oxygen atoms in total. The van der Waals surface area contributed by atoms with Crippen LogP contribution in [0.1, 0.15) is 20.3 Å². The molecule has 0 aliphatic carbocycles. The zero-order valence-corrected chi connectivity index (χ0v) is 13.5. The van der Waals surface area contributed by atoms with Gasteiger partial charge in [0.15, 0.2) is 0 Å². The minimum Gasteiger partial charge on any atom is -0.375 e. The number of nitrogens with one attached hydrogen (secondary N) is 2.